The van der Waals surface area contributed by atoms with Crippen molar-refractivity contribution < 1.29 is 53.4 Å². The minimum atomic E-state index is -4.59. The predicted octanol–water partition coefficient (Wildman–Crippen LogP) is 5.27. The van der Waals surface area contributed by atoms with E-state index in [0.717, 1.165) is 11.4 Å². The zero-order chi connectivity index (χ0) is 37.3. The topological polar surface area (TPSA) is 207 Å². The summed E-state index contributed by atoms with van der Waals surface area (Å²) in [6.45, 7) is 8.13. The van der Waals surface area contributed by atoms with Crippen LogP contribution in [0.15, 0.2) is 82.3 Å². The minimum Gasteiger partial charge on any atom is -0.481 e. The van der Waals surface area contributed by atoms with Gasteiger partial charge in [-0.3, -0.25) is 18.5 Å². The zero-order valence-electron chi connectivity index (χ0n) is 28.3. The largest absolute Gasteiger partial charge is 0.481 e. The van der Waals surface area contributed by atoms with Gasteiger partial charge in [0.25, 0.3) is 30.4 Å². The highest BCUT2D eigenvalue weighted by atomic mass is 32.2. The predicted molar refractivity (Wildman–Crippen MR) is 189 cm³/mol. The van der Waals surface area contributed by atoms with Gasteiger partial charge < -0.3 is 10.0 Å². The lowest BCUT2D eigenvalue weighted by atomic mass is 9.81. The molecule has 0 spiro atoms. The van der Waals surface area contributed by atoms with Gasteiger partial charge in [0.1, 0.15) is 11.4 Å². The Bertz CT molecular complexity index is 2130. The molecule has 0 radical (unpaired) electrons. The van der Waals surface area contributed by atoms with Gasteiger partial charge in [-0.05, 0) is 62.6 Å². The van der Waals surface area contributed by atoms with E-state index in [9.17, 15) is 43.7 Å². The molecule has 13 nitrogen and oxygen atoms in total. The average molecular weight is 752 g/mol. The summed E-state index contributed by atoms with van der Waals surface area (Å²) < 4.78 is 102. The normalized spacial score (nSPS) is 18.1. The standard InChI is InChI=1S/C34H42N2O11S3/c1-33(2)25-23-24(49(42,43)44)18-19-26(25)35(20-10-6-9-17-31(37)38)29(33)15-7-5-8-16-30-34(3,4)32-27(13-11-14-28(32)50(45,46)47)36(30)21-12-22-48(39,40)41/h5,7-8,11,13-16,18-19,23H,6,9-10,12,17,20-22H2,1-4H3,(H3-,37,38,39,40,41,42,43,44,45,46,47)/p+1. The Hall–Kier alpha value is -3.67. The number of unbranched alkanes of at least 4 members (excludes halogenated alkanes) is 2. The van der Waals surface area contributed by atoms with Gasteiger partial charge in [-0.1, -0.05) is 44.6 Å². The summed E-state index contributed by atoms with van der Waals surface area (Å²) in [6, 6.07) is 8.94. The number of hydrogen-bond acceptors (Lipinski definition) is 8. The van der Waals surface area contributed by atoms with Crippen molar-refractivity contribution in [3.05, 3.63) is 83.6 Å². The molecule has 0 bridgehead atoms. The molecule has 0 atom stereocenters. The van der Waals surface area contributed by atoms with Crippen molar-refractivity contribution in [2.24, 2.45) is 0 Å². The second kappa shape index (κ2) is 14.5. The maximum absolute atomic E-state index is 12.3. The van der Waals surface area contributed by atoms with E-state index in [-0.39, 0.29) is 29.2 Å². The Kier molecular flexibility index (Phi) is 11.4. The Balaban J connectivity index is 1.70. The molecule has 2 aliphatic heterocycles. The lowest BCUT2D eigenvalue weighted by molar-refractivity contribution is -0.437. The van der Waals surface area contributed by atoms with E-state index in [0.29, 0.717) is 48.3 Å². The van der Waals surface area contributed by atoms with Gasteiger partial charge in [0.2, 0.25) is 5.69 Å². The first-order chi connectivity index (χ1) is 23.1. The maximum atomic E-state index is 12.3. The van der Waals surface area contributed by atoms with E-state index >= 15 is 0 Å². The van der Waals surface area contributed by atoms with Gasteiger partial charge in [-0.2, -0.15) is 29.8 Å². The highest BCUT2D eigenvalue weighted by molar-refractivity contribution is 7.86. The van der Waals surface area contributed by atoms with Gasteiger partial charge in [0.05, 0.1) is 21.6 Å². The van der Waals surface area contributed by atoms with Gasteiger partial charge in [-0.15, -0.1) is 0 Å². The molecule has 0 fully saturated rings. The molecule has 0 saturated heterocycles. The molecule has 0 aliphatic carbocycles. The third-order valence-electron chi connectivity index (χ3n) is 9.08. The first-order valence-electron chi connectivity index (χ1n) is 15.9. The maximum Gasteiger partial charge on any atom is 0.303 e. The van der Waals surface area contributed by atoms with Crippen LogP contribution in [0.2, 0.25) is 0 Å². The molecule has 0 aromatic heterocycles. The third kappa shape index (κ3) is 8.61. The molecule has 4 N–H and O–H groups in total. The van der Waals surface area contributed by atoms with Crippen LogP contribution in [0.5, 0.6) is 0 Å². The molecule has 0 unspecified atom stereocenters. The second-order valence-electron chi connectivity index (χ2n) is 13.4. The van der Waals surface area contributed by atoms with Crippen LogP contribution in [0, 0.1) is 0 Å². The summed E-state index contributed by atoms with van der Waals surface area (Å²) in [7, 11) is -13.3. The van der Waals surface area contributed by atoms with Crippen LogP contribution >= 0.6 is 0 Å². The number of allylic oxidation sites excluding steroid dienone is 6. The van der Waals surface area contributed by atoms with E-state index < -0.39 is 52.9 Å². The van der Waals surface area contributed by atoms with Gasteiger partial charge in [0.15, 0.2) is 5.71 Å². The second-order valence-corrected chi connectivity index (χ2v) is 17.7. The van der Waals surface area contributed by atoms with Crippen LogP contribution in [0.1, 0.15) is 70.9 Å². The Morgan fingerprint density at radius 3 is 2.16 bits per heavy atom. The molecule has 50 heavy (non-hydrogen) atoms. The number of carboxylic acids is 1. The fourth-order valence-corrected chi connectivity index (χ4v) is 8.63. The molecule has 2 aliphatic rings. The van der Waals surface area contributed by atoms with Crippen LogP contribution < -0.4 is 4.90 Å². The number of carboxylic acid groups (broad SMARTS) is 1. The van der Waals surface area contributed by atoms with Crippen LogP contribution in [0.4, 0.5) is 11.4 Å². The van der Waals surface area contributed by atoms with Crippen molar-refractivity contribution in [1.29, 1.82) is 0 Å². The van der Waals surface area contributed by atoms with Crippen molar-refractivity contribution in [2.75, 3.05) is 23.7 Å². The molecule has 0 amide bonds. The lowest BCUT2D eigenvalue weighted by Crippen LogP contribution is -2.29. The molecule has 2 aromatic carbocycles. The summed E-state index contributed by atoms with van der Waals surface area (Å²) in [5, 5.41) is 9.00. The van der Waals surface area contributed by atoms with E-state index in [4.69, 9.17) is 5.11 Å². The van der Waals surface area contributed by atoms with Crippen LogP contribution in [0.3, 0.4) is 0 Å². The summed E-state index contributed by atoms with van der Waals surface area (Å²) in [6.07, 6.45) is 10.9. The fraction of sp³-hybridized carbons (Fsp3) is 0.412. The Labute approximate surface area is 293 Å². The van der Waals surface area contributed by atoms with E-state index in [1.165, 1.54) is 24.3 Å². The summed E-state index contributed by atoms with van der Waals surface area (Å²) in [5.74, 6) is -1.36. The quantitative estimate of drug-likeness (QED) is 0.0795. The van der Waals surface area contributed by atoms with Crippen LogP contribution in [-0.4, -0.2) is 79.1 Å². The summed E-state index contributed by atoms with van der Waals surface area (Å²) in [5.41, 5.74) is 2.18. The zero-order valence-corrected chi connectivity index (χ0v) is 30.7. The smallest absolute Gasteiger partial charge is 0.303 e. The van der Waals surface area contributed by atoms with E-state index in [1.807, 2.05) is 19.9 Å². The van der Waals surface area contributed by atoms with Gasteiger partial charge in [-0.25, -0.2) is 0 Å². The molecular weight excluding hydrogens is 709 g/mol. The molecule has 16 heteroatoms. The minimum absolute atomic E-state index is 0.0464. The SMILES string of the molecule is CC1(C)C(=CC=CC=CC2=[N+](CCCS(=O)(=O)O)c3cccc(S(=O)(=O)O)c3C2(C)C)N(CCCCCC(=O)O)c2ccc(S(=O)(=O)O)cc21. The molecule has 0 saturated carbocycles. The fourth-order valence-electron chi connectivity index (χ4n) is 6.76. The number of fused-ring (bicyclic) bond motifs is 2. The number of carbonyl (C=O) groups is 1. The van der Waals surface area contributed by atoms with Crippen molar-refractivity contribution in [2.45, 2.75) is 80.4 Å². The number of nitrogens with zero attached hydrogens (tertiary/aromatic N) is 2. The first-order valence-corrected chi connectivity index (χ1v) is 20.4. The lowest BCUT2D eigenvalue weighted by Gasteiger charge is -2.27. The highest BCUT2D eigenvalue weighted by Crippen LogP contribution is 2.49. The van der Waals surface area contributed by atoms with Gasteiger partial charge >= 0.3 is 5.97 Å². The first kappa shape index (κ1) is 39.1. The molecule has 272 valence electrons. The molecular formula is C34H43N2O11S3+. The number of hydrogen-bond donors (Lipinski definition) is 4. The number of benzene rings is 2. The van der Waals surface area contributed by atoms with Crippen molar-refractivity contribution in [3.63, 3.8) is 0 Å². The number of rotatable bonds is 15. The summed E-state index contributed by atoms with van der Waals surface area (Å²) in [4.78, 5) is 12.5. The third-order valence-corrected chi connectivity index (χ3v) is 11.6. The Morgan fingerprint density at radius 1 is 0.840 bits per heavy atom. The molecule has 2 heterocycles. The van der Waals surface area contributed by atoms with Crippen LogP contribution in [0.25, 0.3) is 0 Å². The number of aliphatic carboxylic acids is 1. The summed E-state index contributed by atoms with van der Waals surface area (Å²) >= 11 is 0. The van der Waals surface area contributed by atoms with Crippen molar-refractivity contribution in [3.8, 4) is 0 Å². The molecule has 2 aromatic rings. The number of anilines is 1. The van der Waals surface area contributed by atoms with Crippen molar-refractivity contribution >= 4 is 53.4 Å². The monoisotopic (exact) mass is 751 g/mol. The molecule has 4 rings (SSSR count). The average Bonchev–Trinajstić information content (AvgIpc) is 3.33. The van der Waals surface area contributed by atoms with E-state index in [2.05, 4.69) is 4.90 Å². The Morgan fingerprint density at radius 2 is 1.54 bits per heavy atom. The van der Waals surface area contributed by atoms with E-state index in [1.54, 1.807) is 54.9 Å². The highest BCUT2D eigenvalue weighted by Gasteiger charge is 2.47. The van der Waals surface area contributed by atoms with Crippen molar-refractivity contribution in [1.82, 2.24) is 0 Å². The van der Waals surface area contributed by atoms with Crippen LogP contribution in [-0.2, 0) is 46.0 Å². The van der Waals surface area contributed by atoms with Gasteiger partial charge in [0, 0.05) is 48.3 Å².